The number of hydrogen-bond acceptors (Lipinski definition) is 4. The van der Waals surface area contributed by atoms with Crippen LogP contribution in [0.1, 0.15) is 10.4 Å². The van der Waals surface area contributed by atoms with Crippen LogP contribution in [0.2, 0.25) is 0 Å². The SMILES string of the molecule is CNCCNC(=O)c1cncc(O)c1. The van der Waals surface area contributed by atoms with E-state index in [1.54, 1.807) is 0 Å². The highest BCUT2D eigenvalue weighted by Gasteiger charge is 2.04. The van der Waals surface area contributed by atoms with E-state index in [-0.39, 0.29) is 11.7 Å². The molecule has 0 unspecified atom stereocenters. The Morgan fingerprint density at radius 2 is 2.29 bits per heavy atom. The van der Waals surface area contributed by atoms with Crippen LogP contribution in [0.4, 0.5) is 0 Å². The summed E-state index contributed by atoms with van der Waals surface area (Å²) < 4.78 is 0. The standard InChI is InChI=1S/C9H13N3O2/c1-10-2-3-12-9(14)7-4-8(13)6-11-5-7/h4-6,10,13H,2-3H2,1H3,(H,12,14). The molecule has 1 amide bonds. The third-order valence-electron chi connectivity index (χ3n) is 1.65. The first-order chi connectivity index (χ1) is 6.74. The van der Waals surface area contributed by atoms with Gasteiger partial charge in [0.25, 0.3) is 5.91 Å². The molecule has 1 aromatic heterocycles. The zero-order chi connectivity index (χ0) is 10.4. The molecule has 0 fully saturated rings. The Hall–Kier alpha value is -1.62. The number of aromatic nitrogens is 1. The van der Waals surface area contributed by atoms with Crippen LogP contribution >= 0.6 is 0 Å². The van der Waals surface area contributed by atoms with Gasteiger partial charge in [0, 0.05) is 19.3 Å². The van der Waals surface area contributed by atoms with Gasteiger partial charge in [-0.15, -0.1) is 0 Å². The van der Waals surface area contributed by atoms with Gasteiger partial charge < -0.3 is 15.7 Å². The Bertz CT molecular complexity index is 315. The summed E-state index contributed by atoms with van der Waals surface area (Å²) in [6.45, 7) is 1.25. The van der Waals surface area contributed by atoms with Crippen molar-refractivity contribution in [1.82, 2.24) is 15.6 Å². The molecule has 0 saturated carbocycles. The number of aromatic hydroxyl groups is 1. The summed E-state index contributed by atoms with van der Waals surface area (Å²) in [5, 5.41) is 14.7. The summed E-state index contributed by atoms with van der Waals surface area (Å²) in [5.41, 5.74) is 0.362. The van der Waals surface area contributed by atoms with E-state index in [4.69, 9.17) is 5.11 Å². The Labute approximate surface area is 82.2 Å². The number of carbonyl (C=O) groups excluding carboxylic acids is 1. The van der Waals surface area contributed by atoms with Crippen molar-refractivity contribution < 1.29 is 9.90 Å². The number of carbonyl (C=O) groups is 1. The molecule has 5 heteroatoms. The van der Waals surface area contributed by atoms with Gasteiger partial charge >= 0.3 is 0 Å². The van der Waals surface area contributed by atoms with Crippen molar-refractivity contribution in [3.8, 4) is 5.75 Å². The number of rotatable bonds is 4. The van der Waals surface area contributed by atoms with Crippen LogP contribution in [0.5, 0.6) is 5.75 Å². The quantitative estimate of drug-likeness (QED) is 0.578. The molecule has 5 nitrogen and oxygen atoms in total. The van der Waals surface area contributed by atoms with E-state index in [9.17, 15) is 4.79 Å². The average molecular weight is 195 g/mol. The largest absolute Gasteiger partial charge is 0.506 e. The second-order valence-corrected chi connectivity index (χ2v) is 2.79. The summed E-state index contributed by atoms with van der Waals surface area (Å²) in [6.07, 6.45) is 2.69. The maximum absolute atomic E-state index is 11.4. The summed E-state index contributed by atoms with van der Waals surface area (Å²) in [6, 6.07) is 1.38. The van der Waals surface area contributed by atoms with E-state index in [1.165, 1.54) is 18.5 Å². The Kier molecular flexibility index (Phi) is 3.87. The van der Waals surface area contributed by atoms with E-state index >= 15 is 0 Å². The van der Waals surface area contributed by atoms with Gasteiger partial charge in [-0.05, 0) is 13.1 Å². The molecule has 0 bridgehead atoms. The van der Waals surface area contributed by atoms with Crippen LogP contribution in [0.3, 0.4) is 0 Å². The smallest absolute Gasteiger partial charge is 0.253 e. The average Bonchev–Trinajstić information content (AvgIpc) is 2.18. The molecule has 0 spiro atoms. The van der Waals surface area contributed by atoms with Crippen molar-refractivity contribution in [2.45, 2.75) is 0 Å². The fraction of sp³-hybridized carbons (Fsp3) is 0.333. The molecule has 1 heterocycles. The van der Waals surface area contributed by atoms with Crippen LogP contribution < -0.4 is 10.6 Å². The van der Waals surface area contributed by atoms with Gasteiger partial charge in [-0.3, -0.25) is 9.78 Å². The lowest BCUT2D eigenvalue weighted by molar-refractivity contribution is 0.0953. The molecule has 0 aliphatic heterocycles. The fourth-order valence-corrected chi connectivity index (χ4v) is 0.955. The van der Waals surface area contributed by atoms with Crippen LogP contribution in [0.15, 0.2) is 18.5 Å². The van der Waals surface area contributed by atoms with Gasteiger partial charge in [-0.2, -0.15) is 0 Å². The van der Waals surface area contributed by atoms with E-state index < -0.39 is 0 Å². The second-order valence-electron chi connectivity index (χ2n) is 2.79. The maximum Gasteiger partial charge on any atom is 0.253 e. The third kappa shape index (κ3) is 3.02. The molecule has 3 N–H and O–H groups in total. The lowest BCUT2D eigenvalue weighted by Crippen LogP contribution is -2.30. The van der Waals surface area contributed by atoms with Crippen molar-refractivity contribution in [3.63, 3.8) is 0 Å². The molecular formula is C9H13N3O2. The minimum absolute atomic E-state index is 0.00809. The Morgan fingerprint density at radius 3 is 2.93 bits per heavy atom. The van der Waals surface area contributed by atoms with Crippen LogP contribution in [0.25, 0.3) is 0 Å². The van der Waals surface area contributed by atoms with Crippen LogP contribution in [-0.2, 0) is 0 Å². The zero-order valence-corrected chi connectivity index (χ0v) is 7.95. The van der Waals surface area contributed by atoms with Gasteiger partial charge in [-0.1, -0.05) is 0 Å². The van der Waals surface area contributed by atoms with E-state index in [1.807, 2.05) is 7.05 Å². The van der Waals surface area contributed by atoms with Crippen molar-refractivity contribution in [1.29, 1.82) is 0 Å². The van der Waals surface area contributed by atoms with E-state index in [2.05, 4.69) is 15.6 Å². The summed E-state index contributed by atoms with van der Waals surface area (Å²) in [5.74, 6) is -0.241. The van der Waals surface area contributed by atoms with Crippen molar-refractivity contribution >= 4 is 5.91 Å². The molecule has 0 aromatic carbocycles. The van der Waals surface area contributed by atoms with Gasteiger partial charge in [0.15, 0.2) is 0 Å². The van der Waals surface area contributed by atoms with Crippen molar-refractivity contribution in [2.75, 3.05) is 20.1 Å². The predicted octanol–water partition coefficient (Wildman–Crippen LogP) is -0.264. The lowest BCUT2D eigenvalue weighted by Gasteiger charge is -2.04. The predicted molar refractivity (Wildman–Crippen MR) is 52.2 cm³/mol. The molecule has 0 saturated heterocycles. The van der Waals surface area contributed by atoms with Crippen LogP contribution in [0, 0.1) is 0 Å². The first-order valence-corrected chi connectivity index (χ1v) is 4.31. The number of pyridine rings is 1. The van der Waals surface area contributed by atoms with Gasteiger partial charge in [0.05, 0.1) is 11.8 Å². The molecule has 1 rings (SSSR count). The highest BCUT2D eigenvalue weighted by Crippen LogP contribution is 2.07. The van der Waals surface area contributed by atoms with Crippen molar-refractivity contribution in [2.24, 2.45) is 0 Å². The highest BCUT2D eigenvalue weighted by molar-refractivity contribution is 5.94. The molecule has 76 valence electrons. The normalized spacial score (nSPS) is 9.79. The minimum atomic E-state index is -0.233. The second kappa shape index (κ2) is 5.18. The van der Waals surface area contributed by atoms with E-state index in [0.717, 1.165) is 0 Å². The third-order valence-corrected chi connectivity index (χ3v) is 1.65. The minimum Gasteiger partial charge on any atom is -0.506 e. The number of likely N-dealkylation sites (N-methyl/N-ethyl adjacent to an activating group) is 1. The number of nitrogens with zero attached hydrogens (tertiary/aromatic N) is 1. The first-order valence-electron chi connectivity index (χ1n) is 4.31. The topological polar surface area (TPSA) is 74.2 Å². The number of nitrogens with one attached hydrogen (secondary N) is 2. The summed E-state index contributed by atoms with van der Waals surface area (Å²) >= 11 is 0. The van der Waals surface area contributed by atoms with Crippen molar-refractivity contribution in [3.05, 3.63) is 24.0 Å². The van der Waals surface area contributed by atoms with Gasteiger partial charge in [0.1, 0.15) is 5.75 Å². The van der Waals surface area contributed by atoms with Gasteiger partial charge in [0.2, 0.25) is 0 Å². The zero-order valence-electron chi connectivity index (χ0n) is 7.95. The Balaban J connectivity index is 2.52. The highest BCUT2D eigenvalue weighted by atomic mass is 16.3. The molecule has 0 aliphatic rings. The maximum atomic E-state index is 11.4. The van der Waals surface area contributed by atoms with E-state index in [0.29, 0.717) is 18.7 Å². The fourth-order valence-electron chi connectivity index (χ4n) is 0.955. The number of amides is 1. The first kappa shape index (κ1) is 10.5. The van der Waals surface area contributed by atoms with Gasteiger partial charge in [-0.25, -0.2) is 0 Å². The molecule has 0 radical (unpaired) electrons. The molecule has 14 heavy (non-hydrogen) atoms. The van der Waals surface area contributed by atoms with Crippen LogP contribution in [-0.4, -0.2) is 36.1 Å². The monoisotopic (exact) mass is 195 g/mol. The molecule has 1 aromatic rings. The molecular weight excluding hydrogens is 182 g/mol. The molecule has 0 aliphatic carbocycles. The summed E-state index contributed by atoms with van der Waals surface area (Å²) in [7, 11) is 1.81. The Morgan fingerprint density at radius 1 is 1.50 bits per heavy atom. The summed E-state index contributed by atoms with van der Waals surface area (Å²) in [4.78, 5) is 15.1. The molecule has 0 atom stereocenters. The number of hydrogen-bond donors (Lipinski definition) is 3. The lowest BCUT2D eigenvalue weighted by atomic mass is 10.2.